The van der Waals surface area contributed by atoms with Crippen molar-refractivity contribution in [3.8, 4) is 0 Å². The average molecular weight is 329 g/mol. The van der Waals surface area contributed by atoms with Gasteiger partial charge >= 0.3 is 0 Å². The van der Waals surface area contributed by atoms with Crippen LogP contribution in [0.4, 0.5) is 0 Å². The summed E-state index contributed by atoms with van der Waals surface area (Å²) in [5.74, 6) is 1.97. The molecule has 0 unspecified atom stereocenters. The van der Waals surface area contributed by atoms with Crippen molar-refractivity contribution < 1.29 is 9.32 Å². The first-order chi connectivity index (χ1) is 11.5. The van der Waals surface area contributed by atoms with Crippen molar-refractivity contribution in [1.29, 1.82) is 0 Å². The van der Waals surface area contributed by atoms with E-state index in [1.165, 1.54) is 0 Å². The van der Waals surface area contributed by atoms with Crippen molar-refractivity contribution in [3.63, 3.8) is 0 Å². The van der Waals surface area contributed by atoms with Gasteiger partial charge in [-0.05, 0) is 39.5 Å². The van der Waals surface area contributed by atoms with Gasteiger partial charge < -0.3 is 9.42 Å². The Hall–Kier alpha value is -2.18. The monoisotopic (exact) mass is 329 g/mol. The highest BCUT2D eigenvalue weighted by molar-refractivity contribution is 5.80. The molecule has 0 aromatic carbocycles. The minimum Gasteiger partial charge on any atom is -0.339 e. The predicted molar refractivity (Wildman–Crippen MR) is 86.3 cm³/mol. The van der Waals surface area contributed by atoms with Crippen LogP contribution in [-0.4, -0.2) is 37.3 Å². The van der Waals surface area contributed by atoms with E-state index in [2.05, 4.69) is 15.2 Å². The number of hydrogen-bond donors (Lipinski definition) is 0. The molecule has 0 radical (unpaired) electrons. The molecule has 7 nitrogen and oxygen atoms in total. The molecule has 1 saturated heterocycles. The molecule has 2 aromatic heterocycles. The molecule has 0 N–H and O–H groups in total. The summed E-state index contributed by atoms with van der Waals surface area (Å²) in [6.07, 6.45) is 4.54. The zero-order valence-electron chi connectivity index (χ0n) is 14.4. The number of aromatic nitrogens is 4. The van der Waals surface area contributed by atoms with Crippen molar-refractivity contribution in [2.45, 2.75) is 57.9 Å². The zero-order chi connectivity index (χ0) is 16.8. The van der Waals surface area contributed by atoms with Crippen LogP contribution in [0.15, 0.2) is 4.52 Å². The molecule has 4 rings (SSSR count). The molecule has 0 spiro atoms. The lowest BCUT2D eigenvalue weighted by Gasteiger charge is -2.22. The van der Waals surface area contributed by atoms with E-state index < -0.39 is 0 Å². The molecule has 1 aliphatic heterocycles. The Bertz CT molecular complexity index is 774. The van der Waals surface area contributed by atoms with E-state index in [9.17, 15) is 4.79 Å². The Labute approximate surface area is 141 Å². The van der Waals surface area contributed by atoms with Crippen molar-refractivity contribution in [2.75, 3.05) is 6.54 Å². The normalized spacial score (nSPS) is 20.8. The van der Waals surface area contributed by atoms with Gasteiger partial charge in [-0.15, -0.1) is 0 Å². The SMILES string of the molecule is Cc1nn(C)c(C)c1CC(=O)N1CCC[C@H]1c1noc(C2CC2)n1. The van der Waals surface area contributed by atoms with Gasteiger partial charge in [-0.3, -0.25) is 9.48 Å². The van der Waals surface area contributed by atoms with Crippen LogP contribution in [0.2, 0.25) is 0 Å². The molecule has 3 heterocycles. The quantitative estimate of drug-likeness (QED) is 0.859. The molecule has 2 fully saturated rings. The lowest BCUT2D eigenvalue weighted by Crippen LogP contribution is -2.32. The Balaban J connectivity index is 1.52. The van der Waals surface area contributed by atoms with E-state index >= 15 is 0 Å². The summed E-state index contributed by atoms with van der Waals surface area (Å²) in [6, 6.07) is -0.0500. The minimum absolute atomic E-state index is 0.0500. The average Bonchev–Trinajstić information content (AvgIpc) is 3.01. The van der Waals surface area contributed by atoms with E-state index in [0.717, 1.165) is 55.1 Å². The zero-order valence-corrected chi connectivity index (χ0v) is 14.4. The Morgan fingerprint density at radius 2 is 2.08 bits per heavy atom. The molecule has 0 bridgehead atoms. The first kappa shape index (κ1) is 15.4. The summed E-state index contributed by atoms with van der Waals surface area (Å²) in [4.78, 5) is 19.3. The van der Waals surface area contributed by atoms with Gasteiger partial charge in [0.05, 0.1) is 18.2 Å². The molecule has 1 saturated carbocycles. The molecule has 7 heteroatoms. The van der Waals surface area contributed by atoms with E-state index in [1.54, 1.807) is 0 Å². The molecule has 2 aromatic rings. The van der Waals surface area contributed by atoms with Crippen LogP contribution in [0.25, 0.3) is 0 Å². The van der Waals surface area contributed by atoms with Gasteiger partial charge in [0.25, 0.3) is 0 Å². The summed E-state index contributed by atoms with van der Waals surface area (Å²) in [5, 5.41) is 8.55. The van der Waals surface area contributed by atoms with Crippen molar-refractivity contribution in [3.05, 3.63) is 28.7 Å². The third-order valence-electron chi connectivity index (χ3n) is 5.24. The number of rotatable bonds is 4. The van der Waals surface area contributed by atoms with Crippen LogP contribution in [0.3, 0.4) is 0 Å². The van der Waals surface area contributed by atoms with Crippen LogP contribution in [0.5, 0.6) is 0 Å². The summed E-state index contributed by atoms with van der Waals surface area (Å²) in [5.41, 5.74) is 3.00. The molecule has 1 aliphatic carbocycles. The second-order valence-electron chi connectivity index (χ2n) is 6.96. The van der Waals surface area contributed by atoms with Gasteiger partial charge in [-0.2, -0.15) is 10.1 Å². The first-order valence-electron chi connectivity index (χ1n) is 8.66. The van der Waals surface area contributed by atoms with Crippen LogP contribution in [0.1, 0.15) is 66.3 Å². The number of carbonyl (C=O) groups is 1. The number of hydrogen-bond acceptors (Lipinski definition) is 5. The van der Waals surface area contributed by atoms with Crippen LogP contribution < -0.4 is 0 Å². The Morgan fingerprint density at radius 3 is 2.75 bits per heavy atom. The maximum Gasteiger partial charge on any atom is 0.229 e. The fourth-order valence-corrected chi connectivity index (χ4v) is 3.54. The van der Waals surface area contributed by atoms with Crippen molar-refractivity contribution in [2.24, 2.45) is 7.05 Å². The topological polar surface area (TPSA) is 77.0 Å². The fourth-order valence-electron chi connectivity index (χ4n) is 3.54. The molecular formula is C17H23N5O2. The van der Waals surface area contributed by atoms with Crippen LogP contribution in [0, 0.1) is 13.8 Å². The standard InChI is InChI=1S/C17H23N5O2/c1-10-13(11(2)21(3)19-10)9-15(23)22-8-4-5-14(22)16-18-17(24-20-16)12-6-7-12/h12,14H,4-9H2,1-3H3/t14-/m0/s1. The molecule has 2 aliphatic rings. The highest BCUT2D eigenvalue weighted by Crippen LogP contribution is 2.40. The Morgan fingerprint density at radius 1 is 1.29 bits per heavy atom. The highest BCUT2D eigenvalue weighted by atomic mass is 16.5. The molecular weight excluding hydrogens is 306 g/mol. The largest absolute Gasteiger partial charge is 0.339 e. The highest BCUT2D eigenvalue weighted by Gasteiger charge is 2.36. The van der Waals surface area contributed by atoms with Crippen molar-refractivity contribution >= 4 is 5.91 Å². The van der Waals surface area contributed by atoms with Gasteiger partial charge in [-0.25, -0.2) is 0 Å². The van der Waals surface area contributed by atoms with E-state index in [-0.39, 0.29) is 11.9 Å². The van der Waals surface area contributed by atoms with Crippen molar-refractivity contribution in [1.82, 2.24) is 24.8 Å². The predicted octanol–water partition coefficient (Wildman–Crippen LogP) is 2.20. The summed E-state index contributed by atoms with van der Waals surface area (Å²) >= 11 is 0. The van der Waals surface area contributed by atoms with Gasteiger partial charge in [0.1, 0.15) is 0 Å². The van der Waals surface area contributed by atoms with Gasteiger partial charge in [0.15, 0.2) is 5.82 Å². The third-order valence-corrected chi connectivity index (χ3v) is 5.24. The minimum atomic E-state index is -0.0500. The summed E-state index contributed by atoms with van der Waals surface area (Å²) < 4.78 is 7.21. The fraction of sp³-hybridized carbons (Fsp3) is 0.647. The maximum atomic E-state index is 12.9. The molecule has 24 heavy (non-hydrogen) atoms. The maximum absolute atomic E-state index is 12.9. The van der Waals surface area contributed by atoms with Gasteiger partial charge in [0.2, 0.25) is 11.8 Å². The van der Waals surface area contributed by atoms with Crippen LogP contribution >= 0.6 is 0 Å². The number of nitrogens with zero attached hydrogens (tertiary/aromatic N) is 5. The van der Waals surface area contributed by atoms with Gasteiger partial charge in [-0.1, -0.05) is 5.16 Å². The summed E-state index contributed by atoms with van der Waals surface area (Å²) in [7, 11) is 1.91. The van der Waals surface area contributed by atoms with Crippen LogP contribution in [-0.2, 0) is 18.3 Å². The number of likely N-dealkylation sites (tertiary alicyclic amines) is 1. The second-order valence-corrected chi connectivity index (χ2v) is 6.96. The second kappa shape index (κ2) is 5.72. The lowest BCUT2D eigenvalue weighted by atomic mass is 10.1. The van der Waals surface area contributed by atoms with E-state index in [1.807, 2.05) is 30.5 Å². The number of carbonyl (C=O) groups excluding carboxylic acids is 1. The molecule has 1 amide bonds. The lowest BCUT2D eigenvalue weighted by molar-refractivity contribution is -0.131. The summed E-state index contributed by atoms with van der Waals surface area (Å²) in [6.45, 7) is 4.72. The number of aryl methyl sites for hydroxylation is 2. The third kappa shape index (κ3) is 2.61. The van der Waals surface area contributed by atoms with E-state index in [0.29, 0.717) is 18.2 Å². The van der Waals surface area contributed by atoms with E-state index in [4.69, 9.17) is 4.52 Å². The molecule has 128 valence electrons. The number of amides is 1. The Kier molecular flexibility index (Phi) is 3.66. The van der Waals surface area contributed by atoms with Gasteiger partial charge in [0, 0.05) is 30.8 Å². The molecule has 1 atom stereocenters. The smallest absolute Gasteiger partial charge is 0.229 e. The first-order valence-corrected chi connectivity index (χ1v) is 8.66.